The van der Waals surface area contributed by atoms with Crippen molar-refractivity contribution in [2.75, 3.05) is 11.5 Å². The topological polar surface area (TPSA) is 34.1 Å². The van der Waals surface area contributed by atoms with Gasteiger partial charge in [-0.05, 0) is 59.7 Å². The lowest BCUT2D eigenvalue weighted by atomic mass is 9.87. The van der Waals surface area contributed by atoms with Gasteiger partial charge < -0.3 is 0 Å². The Morgan fingerprint density at radius 2 is 1.05 bits per heavy atom. The van der Waals surface area contributed by atoms with E-state index in [1.807, 2.05) is 0 Å². The number of sulfone groups is 1. The standard InChI is InChI=1S/C30H24Cl4F2O2S/c31-25-7-5-23(29(33,17-25)15-13-21-1-9-27(35)10-2-21)19-39(37,38)20-24-6-8-26(32)18-30(24,34)16-14-22-3-11-28(36)12-4-22/h1-18,23-24H,19-20H2/b15-13+,16-14+. The Labute approximate surface area is 247 Å². The molecule has 2 aromatic rings. The van der Waals surface area contributed by atoms with Crippen molar-refractivity contribution < 1.29 is 17.2 Å². The Morgan fingerprint density at radius 3 is 1.41 bits per heavy atom. The molecule has 2 aliphatic carbocycles. The van der Waals surface area contributed by atoms with Crippen molar-refractivity contribution in [1.29, 1.82) is 0 Å². The third kappa shape index (κ3) is 7.96. The molecule has 4 atom stereocenters. The molecule has 2 aromatic carbocycles. The van der Waals surface area contributed by atoms with Crippen LogP contribution < -0.4 is 0 Å². The van der Waals surface area contributed by atoms with Crippen molar-refractivity contribution in [3.8, 4) is 0 Å². The fraction of sp³-hybridized carbons (Fsp3) is 0.200. The van der Waals surface area contributed by atoms with E-state index in [1.54, 1.807) is 85.0 Å². The van der Waals surface area contributed by atoms with E-state index >= 15 is 0 Å². The summed E-state index contributed by atoms with van der Waals surface area (Å²) in [7, 11) is -3.72. The number of allylic oxidation sites excluding steroid dienone is 10. The molecule has 0 saturated heterocycles. The summed E-state index contributed by atoms with van der Waals surface area (Å²) in [5.74, 6) is -2.52. The normalized spacial score (nSPS) is 27.2. The molecule has 0 spiro atoms. The molecule has 0 radical (unpaired) electrons. The monoisotopic (exact) mass is 626 g/mol. The molecule has 2 nitrogen and oxygen atoms in total. The van der Waals surface area contributed by atoms with Gasteiger partial charge in [-0.25, -0.2) is 17.2 Å². The second kappa shape index (κ2) is 12.2. The lowest BCUT2D eigenvalue weighted by Gasteiger charge is -2.33. The first-order valence-corrected chi connectivity index (χ1v) is 15.3. The molecule has 0 heterocycles. The van der Waals surface area contributed by atoms with Crippen molar-refractivity contribution in [2.24, 2.45) is 11.8 Å². The van der Waals surface area contributed by atoms with Gasteiger partial charge >= 0.3 is 0 Å². The Hall–Kier alpha value is -2.15. The summed E-state index contributed by atoms with van der Waals surface area (Å²) in [6.45, 7) is 0. The van der Waals surface area contributed by atoms with Crippen LogP contribution in [-0.2, 0) is 9.84 Å². The van der Waals surface area contributed by atoms with E-state index in [2.05, 4.69) is 0 Å². The van der Waals surface area contributed by atoms with E-state index in [4.69, 9.17) is 46.4 Å². The average Bonchev–Trinajstić information content (AvgIpc) is 2.87. The molecule has 9 heteroatoms. The Balaban J connectivity index is 1.54. The molecule has 0 amide bonds. The molecule has 2 aliphatic rings. The number of halogens is 6. The maximum atomic E-state index is 13.5. The quantitative estimate of drug-likeness (QED) is 0.274. The Morgan fingerprint density at radius 1 is 0.692 bits per heavy atom. The Kier molecular flexibility index (Phi) is 9.30. The van der Waals surface area contributed by atoms with Gasteiger partial charge in [-0.3, -0.25) is 0 Å². The van der Waals surface area contributed by atoms with Crippen molar-refractivity contribution >= 4 is 68.4 Å². The molecular weight excluding hydrogens is 604 g/mol. The number of benzene rings is 2. The van der Waals surface area contributed by atoms with Crippen LogP contribution in [0.3, 0.4) is 0 Å². The molecule has 39 heavy (non-hydrogen) atoms. The van der Waals surface area contributed by atoms with Crippen molar-refractivity contribution in [1.82, 2.24) is 0 Å². The molecule has 0 N–H and O–H groups in total. The number of hydrogen-bond acceptors (Lipinski definition) is 2. The first kappa shape index (κ1) is 29.8. The minimum atomic E-state index is -3.72. The predicted molar refractivity (Wildman–Crippen MR) is 160 cm³/mol. The fourth-order valence-corrected chi connectivity index (χ4v) is 7.83. The van der Waals surface area contributed by atoms with Crippen LogP contribution >= 0.6 is 46.4 Å². The smallest absolute Gasteiger partial charge is 0.151 e. The molecule has 0 bridgehead atoms. The highest BCUT2D eigenvalue weighted by Gasteiger charge is 2.40. The highest BCUT2D eigenvalue weighted by atomic mass is 35.5. The van der Waals surface area contributed by atoms with Gasteiger partial charge in [0.15, 0.2) is 9.84 Å². The highest BCUT2D eigenvalue weighted by molar-refractivity contribution is 7.91. The zero-order chi connectivity index (χ0) is 28.3. The highest BCUT2D eigenvalue weighted by Crippen LogP contribution is 2.40. The number of alkyl halides is 2. The summed E-state index contributed by atoms with van der Waals surface area (Å²) in [6, 6.07) is 11.7. The molecular formula is C30H24Cl4F2O2S. The number of hydrogen-bond donors (Lipinski definition) is 0. The summed E-state index contributed by atoms with van der Waals surface area (Å²) in [5.41, 5.74) is 1.40. The van der Waals surface area contributed by atoms with E-state index in [9.17, 15) is 17.2 Å². The SMILES string of the molecule is O=S(=O)(CC1C=CC(Cl)=CC1(Cl)/C=C/c1ccc(F)cc1)CC1C=CC(Cl)=CC1(Cl)/C=C/c1ccc(F)cc1. The minimum Gasteiger partial charge on any atom is -0.229 e. The molecule has 204 valence electrons. The summed E-state index contributed by atoms with van der Waals surface area (Å²) >= 11 is 26.3. The van der Waals surface area contributed by atoms with E-state index in [0.29, 0.717) is 21.2 Å². The summed E-state index contributed by atoms with van der Waals surface area (Å²) < 4.78 is 53.6. The van der Waals surface area contributed by atoms with Crippen LogP contribution in [-0.4, -0.2) is 29.7 Å². The molecule has 0 aromatic heterocycles. The van der Waals surface area contributed by atoms with E-state index in [-0.39, 0.29) is 23.1 Å². The van der Waals surface area contributed by atoms with E-state index in [0.717, 1.165) is 0 Å². The molecule has 0 fully saturated rings. The second-order valence-corrected chi connectivity index (χ2v) is 13.8. The predicted octanol–water partition coefficient (Wildman–Crippen LogP) is 8.68. The molecule has 4 rings (SSSR count). The lowest BCUT2D eigenvalue weighted by Crippen LogP contribution is -2.38. The van der Waals surface area contributed by atoms with Crippen LogP contribution in [0.1, 0.15) is 11.1 Å². The van der Waals surface area contributed by atoms with Crippen molar-refractivity contribution in [2.45, 2.75) is 9.75 Å². The first-order valence-electron chi connectivity index (χ1n) is 12.0. The number of rotatable bonds is 8. The lowest BCUT2D eigenvalue weighted by molar-refractivity contribution is 0.551. The van der Waals surface area contributed by atoms with Crippen LogP contribution in [0.5, 0.6) is 0 Å². The average molecular weight is 628 g/mol. The van der Waals surface area contributed by atoms with Crippen molar-refractivity contribution in [3.05, 3.63) is 130 Å². The van der Waals surface area contributed by atoms with E-state index in [1.165, 1.54) is 24.3 Å². The van der Waals surface area contributed by atoms with Crippen LogP contribution in [0.15, 0.2) is 107 Å². The minimum absolute atomic E-state index is 0.266. The first-order chi connectivity index (χ1) is 18.4. The zero-order valence-electron chi connectivity index (χ0n) is 20.5. The molecule has 0 aliphatic heterocycles. The fourth-order valence-electron chi connectivity index (χ4n) is 4.36. The van der Waals surface area contributed by atoms with Gasteiger partial charge in [0.05, 0.1) is 21.3 Å². The van der Waals surface area contributed by atoms with Gasteiger partial charge in [-0.15, -0.1) is 23.2 Å². The van der Waals surface area contributed by atoms with Crippen LogP contribution in [0.4, 0.5) is 8.78 Å². The second-order valence-electron chi connectivity index (χ2n) is 9.49. The Bertz CT molecular complexity index is 1380. The zero-order valence-corrected chi connectivity index (χ0v) is 24.3. The maximum Gasteiger partial charge on any atom is 0.151 e. The van der Waals surface area contributed by atoms with Gasteiger partial charge in [-0.1, -0.05) is 83.9 Å². The van der Waals surface area contributed by atoms with Gasteiger partial charge in [0, 0.05) is 21.9 Å². The summed E-state index contributed by atoms with van der Waals surface area (Å²) in [6.07, 6.45) is 16.5. The van der Waals surface area contributed by atoms with Crippen LogP contribution in [0, 0.1) is 23.5 Å². The van der Waals surface area contributed by atoms with Gasteiger partial charge in [-0.2, -0.15) is 0 Å². The van der Waals surface area contributed by atoms with E-state index < -0.39 is 31.4 Å². The molecule has 0 saturated carbocycles. The summed E-state index contributed by atoms with van der Waals surface area (Å²) in [4.78, 5) is -2.45. The molecule has 4 unspecified atom stereocenters. The van der Waals surface area contributed by atoms with Crippen LogP contribution in [0.2, 0.25) is 0 Å². The van der Waals surface area contributed by atoms with Crippen LogP contribution in [0.25, 0.3) is 12.2 Å². The van der Waals surface area contributed by atoms with Gasteiger partial charge in [0.1, 0.15) is 11.6 Å². The maximum absolute atomic E-state index is 13.5. The van der Waals surface area contributed by atoms with Crippen molar-refractivity contribution in [3.63, 3.8) is 0 Å². The van der Waals surface area contributed by atoms with Gasteiger partial charge in [0.25, 0.3) is 0 Å². The third-order valence-electron chi connectivity index (χ3n) is 6.50. The third-order valence-corrected chi connectivity index (χ3v) is 9.73. The summed E-state index contributed by atoms with van der Waals surface area (Å²) in [5, 5.41) is 0.756. The largest absolute Gasteiger partial charge is 0.229 e. The van der Waals surface area contributed by atoms with Gasteiger partial charge in [0.2, 0.25) is 0 Å².